The number of nitrogens with zero attached hydrogens (tertiary/aromatic N) is 2. The zero-order valence-corrected chi connectivity index (χ0v) is 16.9. The van der Waals surface area contributed by atoms with E-state index in [4.69, 9.17) is 5.73 Å². The van der Waals surface area contributed by atoms with Crippen molar-refractivity contribution in [3.63, 3.8) is 0 Å². The number of carbonyl (C=O) groups excluding carboxylic acids is 3. The van der Waals surface area contributed by atoms with Crippen LogP contribution >= 0.6 is 0 Å². The Kier molecular flexibility index (Phi) is 7.40. The molecule has 9 heteroatoms. The number of aliphatic carboxylic acids is 1. The SMILES string of the molecule is CC(C)CC(NC(=O)C(C)N)C(=O)N1CCCC1C(=O)N1CCCC1C(=O)O. The van der Waals surface area contributed by atoms with Gasteiger partial charge in [-0.3, -0.25) is 14.4 Å². The van der Waals surface area contributed by atoms with Gasteiger partial charge >= 0.3 is 5.97 Å². The first-order chi connectivity index (χ1) is 13.1. The molecule has 0 bridgehead atoms. The van der Waals surface area contributed by atoms with Crippen molar-refractivity contribution < 1.29 is 24.3 Å². The monoisotopic (exact) mass is 396 g/mol. The molecule has 0 aromatic carbocycles. The van der Waals surface area contributed by atoms with E-state index in [0.717, 1.165) is 0 Å². The first-order valence-electron chi connectivity index (χ1n) is 10.0. The Morgan fingerprint density at radius 3 is 2.14 bits per heavy atom. The molecule has 0 saturated carbocycles. The van der Waals surface area contributed by atoms with Crippen molar-refractivity contribution >= 4 is 23.7 Å². The summed E-state index contributed by atoms with van der Waals surface area (Å²) in [6.45, 7) is 6.27. The average molecular weight is 396 g/mol. The molecular weight excluding hydrogens is 364 g/mol. The number of carboxylic acid groups (broad SMARTS) is 1. The Morgan fingerprint density at radius 1 is 1.04 bits per heavy atom. The van der Waals surface area contributed by atoms with E-state index in [1.54, 1.807) is 6.92 Å². The predicted octanol–water partition coefficient (Wildman–Crippen LogP) is -0.0689. The van der Waals surface area contributed by atoms with Gasteiger partial charge in [0.2, 0.25) is 17.7 Å². The standard InChI is InChI=1S/C19H32N4O5/c1-11(2)10-13(21-16(24)12(3)20)17(25)22-8-4-6-14(22)18(26)23-9-5-7-15(23)19(27)28/h11-15H,4-10,20H2,1-3H3,(H,21,24)(H,27,28). The number of hydrogen-bond acceptors (Lipinski definition) is 5. The molecule has 2 rings (SSSR count). The molecule has 2 aliphatic heterocycles. The Bertz CT molecular complexity index is 621. The van der Waals surface area contributed by atoms with Crippen molar-refractivity contribution in [2.75, 3.05) is 13.1 Å². The van der Waals surface area contributed by atoms with E-state index in [2.05, 4.69) is 5.32 Å². The topological polar surface area (TPSA) is 133 Å². The van der Waals surface area contributed by atoms with Crippen LogP contribution in [0.25, 0.3) is 0 Å². The van der Waals surface area contributed by atoms with Gasteiger partial charge in [0.1, 0.15) is 18.1 Å². The van der Waals surface area contributed by atoms with Crippen LogP contribution in [-0.2, 0) is 19.2 Å². The highest BCUT2D eigenvalue weighted by Crippen LogP contribution is 2.26. The normalized spacial score (nSPS) is 24.3. The van der Waals surface area contributed by atoms with Gasteiger partial charge in [0.25, 0.3) is 0 Å². The summed E-state index contributed by atoms with van der Waals surface area (Å²) in [6.07, 6.45) is 2.69. The maximum absolute atomic E-state index is 13.2. The Hall–Kier alpha value is -2.16. The fraction of sp³-hybridized carbons (Fsp3) is 0.789. The first kappa shape index (κ1) is 22.1. The molecule has 28 heavy (non-hydrogen) atoms. The van der Waals surface area contributed by atoms with Crippen molar-refractivity contribution in [1.29, 1.82) is 0 Å². The second-order valence-corrected chi connectivity index (χ2v) is 8.20. The van der Waals surface area contributed by atoms with Gasteiger partial charge in [-0.05, 0) is 44.9 Å². The molecule has 4 atom stereocenters. The van der Waals surface area contributed by atoms with E-state index in [0.29, 0.717) is 45.2 Å². The molecule has 0 aromatic rings. The summed E-state index contributed by atoms with van der Waals surface area (Å²) >= 11 is 0. The summed E-state index contributed by atoms with van der Waals surface area (Å²) in [6, 6.07) is -2.98. The molecule has 2 saturated heterocycles. The molecule has 0 spiro atoms. The smallest absolute Gasteiger partial charge is 0.326 e. The average Bonchev–Trinajstić information content (AvgIpc) is 3.28. The third kappa shape index (κ3) is 5.01. The number of carboxylic acids is 1. The minimum atomic E-state index is -1.01. The number of nitrogens with two attached hydrogens (primary N) is 1. The lowest BCUT2D eigenvalue weighted by Crippen LogP contribution is -2.56. The molecule has 0 radical (unpaired) electrons. The van der Waals surface area contributed by atoms with E-state index in [-0.39, 0.29) is 17.7 Å². The maximum Gasteiger partial charge on any atom is 0.326 e. The first-order valence-corrected chi connectivity index (χ1v) is 10.0. The highest BCUT2D eigenvalue weighted by Gasteiger charge is 2.43. The zero-order valence-electron chi connectivity index (χ0n) is 16.9. The van der Waals surface area contributed by atoms with Gasteiger partial charge in [0, 0.05) is 13.1 Å². The van der Waals surface area contributed by atoms with Crippen LogP contribution in [0.15, 0.2) is 0 Å². The lowest BCUT2D eigenvalue weighted by Gasteiger charge is -2.32. The molecule has 2 heterocycles. The highest BCUT2D eigenvalue weighted by molar-refractivity contribution is 5.94. The van der Waals surface area contributed by atoms with E-state index in [1.165, 1.54) is 9.80 Å². The second kappa shape index (κ2) is 9.36. The lowest BCUT2D eigenvalue weighted by atomic mass is 10.0. The molecule has 2 fully saturated rings. The van der Waals surface area contributed by atoms with Crippen LogP contribution in [0.3, 0.4) is 0 Å². The molecule has 2 aliphatic rings. The minimum absolute atomic E-state index is 0.161. The number of amides is 3. The molecule has 4 unspecified atom stereocenters. The third-order valence-electron chi connectivity index (χ3n) is 5.38. The number of hydrogen-bond donors (Lipinski definition) is 3. The van der Waals surface area contributed by atoms with Crippen molar-refractivity contribution in [3.8, 4) is 0 Å². The maximum atomic E-state index is 13.2. The van der Waals surface area contributed by atoms with E-state index < -0.39 is 36.0 Å². The summed E-state index contributed by atoms with van der Waals surface area (Å²) in [4.78, 5) is 52.6. The van der Waals surface area contributed by atoms with Crippen LogP contribution in [0.5, 0.6) is 0 Å². The van der Waals surface area contributed by atoms with Crippen molar-refractivity contribution in [3.05, 3.63) is 0 Å². The molecule has 0 aromatic heterocycles. The molecule has 158 valence electrons. The van der Waals surface area contributed by atoms with Gasteiger partial charge in [-0.1, -0.05) is 13.8 Å². The van der Waals surface area contributed by atoms with Gasteiger partial charge in [-0.25, -0.2) is 4.79 Å². The summed E-state index contributed by atoms with van der Waals surface area (Å²) < 4.78 is 0. The van der Waals surface area contributed by atoms with E-state index in [9.17, 15) is 24.3 Å². The second-order valence-electron chi connectivity index (χ2n) is 8.20. The Balaban J connectivity index is 2.16. The van der Waals surface area contributed by atoms with Crippen LogP contribution in [0, 0.1) is 5.92 Å². The highest BCUT2D eigenvalue weighted by atomic mass is 16.4. The fourth-order valence-corrected chi connectivity index (χ4v) is 3.96. The summed E-state index contributed by atoms with van der Waals surface area (Å²) in [5.41, 5.74) is 5.62. The molecule has 4 N–H and O–H groups in total. The number of carbonyl (C=O) groups is 4. The Labute approximate surface area is 165 Å². The molecule has 0 aliphatic carbocycles. The van der Waals surface area contributed by atoms with Gasteiger partial charge in [0.15, 0.2) is 0 Å². The van der Waals surface area contributed by atoms with Gasteiger partial charge in [0.05, 0.1) is 6.04 Å². The van der Waals surface area contributed by atoms with Crippen LogP contribution in [0.2, 0.25) is 0 Å². The Morgan fingerprint density at radius 2 is 1.61 bits per heavy atom. The largest absolute Gasteiger partial charge is 0.480 e. The lowest BCUT2D eigenvalue weighted by molar-refractivity contribution is -0.152. The van der Waals surface area contributed by atoms with E-state index in [1.807, 2.05) is 13.8 Å². The van der Waals surface area contributed by atoms with Gasteiger partial charge in [-0.15, -0.1) is 0 Å². The fourth-order valence-electron chi connectivity index (χ4n) is 3.96. The third-order valence-corrected chi connectivity index (χ3v) is 5.38. The van der Waals surface area contributed by atoms with Gasteiger partial charge < -0.3 is 26.0 Å². The van der Waals surface area contributed by atoms with Crippen molar-refractivity contribution in [2.45, 2.75) is 77.0 Å². The summed E-state index contributed by atoms with van der Waals surface area (Å²) in [7, 11) is 0. The summed E-state index contributed by atoms with van der Waals surface area (Å²) in [5.74, 6) is -1.87. The molecular formula is C19H32N4O5. The van der Waals surface area contributed by atoms with Gasteiger partial charge in [-0.2, -0.15) is 0 Å². The molecule has 9 nitrogen and oxygen atoms in total. The number of rotatable bonds is 7. The quantitative estimate of drug-likeness (QED) is 0.552. The predicted molar refractivity (Wildman–Crippen MR) is 102 cm³/mol. The van der Waals surface area contributed by atoms with Crippen LogP contribution < -0.4 is 11.1 Å². The number of nitrogens with one attached hydrogen (secondary N) is 1. The van der Waals surface area contributed by atoms with Crippen LogP contribution in [-0.4, -0.2) is 75.9 Å². The van der Waals surface area contributed by atoms with Crippen molar-refractivity contribution in [1.82, 2.24) is 15.1 Å². The zero-order chi connectivity index (χ0) is 21.0. The van der Waals surface area contributed by atoms with E-state index >= 15 is 0 Å². The minimum Gasteiger partial charge on any atom is -0.480 e. The number of likely N-dealkylation sites (tertiary alicyclic amines) is 2. The summed E-state index contributed by atoms with van der Waals surface area (Å²) in [5, 5.41) is 12.1. The van der Waals surface area contributed by atoms with Crippen molar-refractivity contribution in [2.24, 2.45) is 11.7 Å². The van der Waals surface area contributed by atoms with Crippen LogP contribution in [0.4, 0.5) is 0 Å². The van der Waals surface area contributed by atoms with Crippen LogP contribution in [0.1, 0.15) is 52.9 Å². The molecule has 3 amide bonds.